The molecule has 2 N–H and O–H groups in total. The Bertz CT molecular complexity index is 103. The predicted molar refractivity (Wildman–Crippen MR) is 48.1 cm³/mol. The highest BCUT2D eigenvalue weighted by molar-refractivity contribution is 4.65. The summed E-state index contributed by atoms with van der Waals surface area (Å²) in [5.74, 6) is 0.789. The molecule has 1 heterocycles. The fraction of sp³-hybridized carbons (Fsp3) is 1.00. The van der Waals surface area contributed by atoms with E-state index in [9.17, 15) is 0 Å². The van der Waals surface area contributed by atoms with Crippen LogP contribution in [-0.2, 0) is 4.74 Å². The van der Waals surface area contributed by atoms with E-state index in [2.05, 4.69) is 5.32 Å². The summed E-state index contributed by atoms with van der Waals surface area (Å²) in [7, 11) is 0. The summed E-state index contributed by atoms with van der Waals surface area (Å²) in [6.45, 7) is 4.16. The highest BCUT2D eigenvalue weighted by Crippen LogP contribution is 2.12. The third kappa shape index (κ3) is 4.04. The zero-order valence-corrected chi connectivity index (χ0v) is 7.59. The zero-order chi connectivity index (χ0) is 8.65. The molecule has 0 bridgehead atoms. The first-order valence-electron chi connectivity index (χ1n) is 4.83. The van der Waals surface area contributed by atoms with E-state index in [-0.39, 0.29) is 0 Å². The molecule has 1 fully saturated rings. The molecule has 0 saturated carbocycles. The van der Waals surface area contributed by atoms with Crippen LogP contribution in [0, 0.1) is 5.92 Å². The number of aliphatic hydroxyl groups excluding tert-OH is 1. The summed E-state index contributed by atoms with van der Waals surface area (Å²) < 4.78 is 5.26. The van der Waals surface area contributed by atoms with Gasteiger partial charge in [0.25, 0.3) is 0 Å². The molecule has 1 rings (SSSR count). The number of rotatable bonds is 5. The first kappa shape index (κ1) is 9.96. The lowest BCUT2D eigenvalue weighted by molar-refractivity contribution is 0.0662. The van der Waals surface area contributed by atoms with Crippen LogP contribution in [0.4, 0.5) is 0 Å². The van der Waals surface area contributed by atoms with Gasteiger partial charge < -0.3 is 15.2 Å². The number of ether oxygens (including phenoxy) is 1. The second-order valence-electron chi connectivity index (χ2n) is 3.34. The number of aliphatic hydroxyl groups is 1. The lowest BCUT2D eigenvalue weighted by Gasteiger charge is -2.22. The Labute approximate surface area is 74.1 Å². The maximum atomic E-state index is 8.54. The fourth-order valence-corrected chi connectivity index (χ4v) is 1.46. The minimum atomic E-state index is 0.292. The Morgan fingerprint density at radius 2 is 2.08 bits per heavy atom. The summed E-state index contributed by atoms with van der Waals surface area (Å²) in [4.78, 5) is 0. The molecule has 0 aliphatic carbocycles. The minimum Gasteiger partial charge on any atom is -0.396 e. The van der Waals surface area contributed by atoms with Crippen LogP contribution in [0.1, 0.15) is 19.3 Å². The molecule has 0 aromatic heterocycles. The molecule has 0 spiro atoms. The molecule has 1 saturated heterocycles. The maximum absolute atomic E-state index is 8.54. The first-order valence-corrected chi connectivity index (χ1v) is 4.83. The molecule has 0 aromatic rings. The molecule has 3 nitrogen and oxygen atoms in total. The number of hydrogen-bond donors (Lipinski definition) is 2. The van der Waals surface area contributed by atoms with Crippen LogP contribution < -0.4 is 5.32 Å². The van der Waals surface area contributed by atoms with Crippen LogP contribution in [0.15, 0.2) is 0 Å². The summed E-state index contributed by atoms with van der Waals surface area (Å²) in [5, 5.41) is 11.9. The Morgan fingerprint density at radius 3 is 2.75 bits per heavy atom. The SMILES string of the molecule is OCCCNCC1CCOCC1. The molecule has 12 heavy (non-hydrogen) atoms. The summed E-state index contributed by atoms with van der Waals surface area (Å²) in [6, 6.07) is 0. The van der Waals surface area contributed by atoms with Crippen molar-refractivity contribution in [3.05, 3.63) is 0 Å². The van der Waals surface area contributed by atoms with Gasteiger partial charge in [-0.2, -0.15) is 0 Å². The van der Waals surface area contributed by atoms with Gasteiger partial charge in [0, 0.05) is 19.8 Å². The molecular weight excluding hydrogens is 154 g/mol. The number of hydrogen-bond acceptors (Lipinski definition) is 3. The maximum Gasteiger partial charge on any atom is 0.0469 e. The molecule has 0 amide bonds. The lowest BCUT2D eigenvalue weighted by Crippen LogP contribution is -2.28. The van der Waals surface area contributed by atoms with Gasteiger partial charge in [-0.25, -0.2) is 0 Å². The van der Waals surface area contributed by atoms with Gasteiger partial charge in [-0.05, 0) is 38.3 Å². The van der Waals surface area contributed by atoms with E-state index in [0.717, 1.165) is 38.6 Å². The van der Waals surface area contributed by atoms with Gasteiger partial charge in [0.1, 0.15) is 0 Å². The van der Waals surface area contributed by atoms with Crippen molar-refractivity contribution in [1.29, 1.82) is 0 Å². The molecule has 3 heteroatoms. The summed E-state index contributed by atoms with van der Waals surface area (Å²) in [6.07, 6.45) is 3.24. The average molecular weight is 173 g/mol. The van der Waals surface area contributed by atoms with Gasteiger partial charge in [-0.1, -0.05) is 0 Å². The largest absolute Gasteiger partial charge is 0.396 e. The molecule has 72 valence electrons. The third-order valence-electron chi connectivity index (χ3n) is 2.29. The van der Waals surface area contributed by atoms with Crippen molar-refractivity contribution in [2.24, 2.45) is 5.92 Å². The smallest absolute Gasteiger partial charge is 0.0469 e. The van der Waals surface area contributed by atoms with E-state index in [1.807, 2.05) is 0 Å². The van der Waals surface area contributed by atoms with E-state index in [1.54, 1.807) is 0 Å². The monoisotopic (exact) mass is 173 g/mol. The van der Waals surface area contributed by atoms with Crippen LogP contribution in [-0.4, -0.2) is 38.0 Å². The van der Waals surface area contributed by atoms with Gasteiger partial charge in [-0.15, -0.1) is 0 Å². The quantitative estimate of drug-likeness (QED) is 0.591. The van der Waals surface area contributed by atoms with Crippen molar-refractivity contribution in [3.8, 4) is 0 Å². The van der Waals surface area contributed by atoms with E-state index in [4.69, 9.17) is 9.84 Å². The van der Waals surface area contributed by atoms with Crippen LogP contribution in [0.2, 0.25) is 0 Å². The Hall–Kier alpha value is -0.120. The van der Waals surface area contributed by atoms with Gasteiger partial charge in [0.15, 0.2) is 0 Å². The normalized spacial score (nSPS) is 19.8. The Kier molecular flexibility index (Phi) is 5.32. The predicted octanol–water partition coefficient (Wildman–Crippen LogP) is 0.385. The molecule has 0 unspecified atom stereocenters. The molecular formula is C9H19NO2. The molecule has 1 aliphatic rings. The van der Waals surface area contributed by atoms with E-state index in [0.29, 0.717) is 6.61 Å². The standard InChI is InChI=1S/C9H19NO2/c11-5-1-4-10-8-9-2-6-12-7-3-9/h9-11H,1-8H2. The van der Waals surface area contributed by atoms with Gasteiger partial charge >= 0.3 is 0 Å². The summed E-state index contributed by atoms with van der Waals surface area (Å²) in [5.41, 5.74) is 0. The zero-order valence-electron chi connectivity index (χ0n) is 7.59. The van der Waals surface area contributed by atoms with Crippen molar-refractivity contribution in [2.75, 3.05) is 32.9 Å². The van der Waals surface area contributed by atoms with Crippen molar-refractivity contribution in [2.45, 2.75) is 19.3 Å². The van der Waals surface area contributed by atoms with Crippen molar-refractivity contribution in [3.63, 3.8) is 0 Å². The number of nitrogens with one attached hydrogen (secondary N) is 1. The minimum absolute atomic E-state index is 0.292. The topological polar surface area (TPSA) is 41.5 Å². The van der Waals surface area contributed by atoms with E-state index in [1.165, 1.54) is 12.8 Å². The van der Waals surface area contributed by atoms with Gasteiger partial charge in [-0.3, -0.25) is 0 Å². The average Bonchev–Trinajstić information content (AvgIpc) is 2.14. The molecule has 0 radical (unpaired) electrons. The van der Waals surface area contributed by atoms with Crippen molar-refractivity contribution >= 4 is 0 Å². The second kappa shape index (κ2) is 6.40. The Balaban J connectivity index is 1.91. The van der Waals surface area contributed by atoms with Gasteiger partial charge in [0.2, 0.25) is 0 Å². The first-order chi connectivity index (χ1) is 5.93. The van der Waals surface area contributed by atoms with Crippen molar-refractivity contribution < 1.29 is 9.84 Å². The van der Waals surface area contributed by atoms with Crippen molar-refractivity contribution in [1.82, 2.24) is 5.32 Å². The summed E-state index contributed by atoms with van der Waals surface area (Å²) >= 11 is 0. The molecule has 1 aliphatic heterocycles. The highest BCUT2D eigenvalue weighted by Gasteiger charge is 2.12. The molecule has 0 aromatic carbocycles. The van der Waals surface area contributed by atoms with E-state index >= 15 is 0 Å². The fourth-order valence-electron chi connectivity index (χ4n) is 1.46. The highest BCUT2D eigenvalue weighted by atomic mass is 16.5. The lowest BCUT2D eigenvalue weighted by atomic mass is 10.0. The van der Waals surface area contributed by atoms with Crippen LogP contribution in [0.25, 0.3) is 0 Å². The van der Waals surface area contributed by atoms with Crippen LogP contribution in [0.5, 0.6) is 0 Å². The van der Waals surface area contributed by atoms with E-state index < -0.39 is 0 Å². The Morgan fingerprint density at radius 1 is 1.33 bits per heavy atom. The second-order valence-corrected chi connectivity index (χ2v) is 3.34. The van der Waals surface area contributed by atoms with Crippen LogP contribution in [0.3, 0.4) is 0 Å². The van der Waals surface area contributed by atoms with Crippen LogP contribution >= 0.6 is 0 Å². The van der Waals surface area contributed by atoms with Gasteiger partial charge in [0.05, 0.1) is 0 Å². The third-order valence-corrected chi connectivity index (χ3v) is 2.29. The molecule has 0 atom stereocenters.